The van der Waals surface area contributed by atoms with Crippen LogP contribution in [0.5, 0.6) is 5.75 Å². The summed E-state index contributed by atoms with van der Waals surface area (Å²) in [6, 6.07) is 8.04. The topological polar surface area (TPSA) is 52.6 Å². The van der Waals surface area contributed by atoms with Crippen molar-refractivity contribution in [2.75, 3.05) is 0 Å². The molecule has 4 rings (SSSR count). The number of carbonyl (C=O) groups is 2. The van der Waals surface area contributed by atoms with Crippen LogP contribution < -0.4 is 4.74 Å². The van der Waals surface area contributed by atoms with Crippen LogP contribution in [0.2, 0.25) is 0 Å². The molecule has 0 heterocycles. The van der Waals surface area contributed by atoms with E-state index in [9.17, 15) is 9.59 Å². The van der Waals surface area contributed by atoms with Crippen molar-refractivity contribution in [3.63, 3.8) is 0 Å². The lowest BCUT2D eigenvalue weighted by molar-refractivity contribution is -0.156. The van der Waals surface area contributed by atoms with E-state index in [0.717, 1.165) is 64.2 Å². The molecule has 164 valence electrons. The van der Waals surface area contributed by atoms with Crippen LogP contribution in [0.1, 0.15) is 101 Å². The third-order valence-electron chi connectivity index (χ3n) is 7.40. The van der Waals surface area contributed by atoms with Crippen molar-refractivity contribution in [3.8, 4) is 5.75 Å². The van der Waals surface area contributed by atoms with E-state index in [0.29, 0.717) is 11.7 Å². The Balaban J connectivity index is 1.23. The zero-order valence-electron chi connectivity index (χ0n) is 18.2. The predicted octanol–water partition coefficient (Wildman–Crippen LogP) is 6.32. The molecule has 0 saturated heterocycles. The van der Waals surface area contributed by atoms with Crippen molar-refractivity contribution in [2.45, 2.75) is 102 Å². The van der Waals surface area contributed by atoms with Gasteiger partial charge in [0.25, 0.3) is 0 Å². The van der Waals surface area contributed by atoms with Gasteiger partial charge in [0.05, 0.1) is 11.8 Å². The zero-order chi connectivity index (χ0) is 20.8. The first-order chi connectivity index (χ1) is 14.7. The molecular weight excluding hydrogens is 376 g/mol. The Kier molecular flexibility index (Phi) is 7.46. The smallest absolute Gasteiger partial charge is 0.314 e. The highest BCUT2D eigenvalue weighted by molar-refractivity contribution is 5.75. The van der Waals surface area contributed by atoms with Crippen molar-refractivity contribution in [1.82, 2.24) is 0 Å². The first kappa shape index (κ1) is 21.4. The van der Waals surface area contributed by atoms with E-state index in [1.807, 2.05) is 12.1 Å². The van der Waals surface area contributed by atoms with Crippen LogP contribution in [-0.4, -0.2) is 18.0 Å². The minimum Gasteiger partial charge on any atom is -0.462 e. The van der Waals surface area contributed by atoms with Gasteiger partial charge in [-0.1, -0.05) is 37.8 Å². The quantitative estimate of drug-likeness (QED) is 0.419. The van der Waals surface area contributed by atoms with Crippen molar-refractivity contribution in [3.05, 3.63) is 29.8 Å². The summed E-state index contributed by atoms with van der Waals surface area (Å²) < 4.78 is 11.4. The predicted molar refractivity (Wildman–Crippen MR) is 116 cm³/mol. The monoisotopic (exact) mass is 412 g/mol. The van der Waals surface area contributed by atoms with Gasteiger partial charge in [0, 0.05) is 0 Å². The summed E-state index contributed by atoms with van der Waals surface area (Å²) in [7, 11) is 0. The molecule has 0 unspecified atom stereocenters. The Morgan fingerprint density at radius 1 is 0.633 bits per heavy atom. The lowest BCUT2D eigenvalue weighted by Gasteiger charge is -2.30. The van der Waals surface area contributed by atoms with Crippen LogP contribution in [0, 0.1) is 11.8 Å². The second-order valence-electron chi connectivity index (χ2n) is 9.57. The normalized spacial score (nSPS) is 26.1. The fourth-order valence-corrected chi connectivity index (χ4v) is 5.45. The first-order valence-corrected chi connectivity index (χ1v) is 12.2. The average molecular weight is 413 g/mol. The molecule has 0 amide bonds. The third-order valence-corrected chi connectivity index (χ3v) is 7.40. The van der Waals surface area contributed by atoms with Crippen molar-refractivity contribution in [2.24, 2.45) is 11.8 Å². The third kappa shape index (κ3) is 5.65. The maximum atomic E-state index is 12.5. The van der Waals surface area contributed by atoms with E-state index in [-0.39, 0.29) is 29.9 Å². The molecule has 0 aliphatic heterocycles. The number of hydrogen-bond donors (Lipinski definition) is 0. The number of rotatable bonds is 5. The van der Waals surface area contributed by atoms with E-state index >= 15 is 0 Å². The number of carbonyl (C=O) groups excluding carboxylic acids is 2. The minimum absolute atomic E-state index is 0.0327. The van der Waals surface area contributed by atoms with E-state index in [2.05, 4.69) is 12.1 Å². The van der Waals surface area contributed by atoms with Gasteiger partial charge < -0.3 is 9.47 Å². The van der Waals surface area contributed by atoms with Gasteiger partial charge in [0.2, 0.25) is 0 Å². The number of benzene rings is 1. The molecule has 0 radical (unpaired) electrons. The van der Waals surface area contributed by atoms with E-state index in [4.69, 9.17) is 9.47 Å². The second-order valence-corrected chi connectivity index (χ2v) is 9.57. The van der Waals surface area contributed by atoms with Crippen LogP contribution in [0.3, 0.4) is 0 Å². The van der Waals surface area contributed by atoms with Gasteiger partial charge in [0.15, 0.2) is 0 Å². The van der Waals surface area contributed by atoms with Crippen molar-refractivity contribution in [1.29, 1.82) is 0 Å². The maximum Gasteiger partial charge on any atom is 0.314 e. The van der Waals surface area contributed by atoms with Gasteiger partial charge in [-0.3, -0.25) is 9.59 Å². The summed E-state index contributed by atoms with van der Waals surface area (Å²) in [5.74, 6) is 1.23. The zero-order valence-corrected chi connectivity index (χ0v) is 18.2. The highest BCUT2D eigenvalue weighted by Gasteiger charge is 2.30. The van der Waals surface area contributed by atoms with Crippen LogP contribution >= 0.6 is 0 Å². The fourth-order valence-electron chi connectivity index (χ4n) is 5.45. The number of ether oxygens (including phenoxy) is 2. The minimum atomic E-state index is -0.0700. The largest absolute Gasteiger partial charge is 0.462 e. The molecule has 4 nitrogen and oxygen atoms in total. The molecule has 3 aliphatic rings. The molecule has 3 saturated carbocycles. The molecule has 4 heteroatoms. The molecule has 30 heavy (non-hydrogen) atoms. The Bertz CT molecular complexity index is 690. The maximum absolute atomic E-state index is 12.5. The average Bonchev–Trinajstić information content (AvgIpc) is 2.81. The standard InChI is InChI=1S/C26H36O4/c27-25(21-7-3-1-4-8-21)30-24-17-15-20(16-18-24)19-11-13-22(14-12-19)26(28)29-23-9-5-2-6-10-23/h15-19,21-23H,1-14H2. The molecule has 3 aliphatic carbocycles. The molecule has 0 spiro atoms. The SMILES string of the molecule is O=C(Oc1ccc(C2CCC(C(=O)OC3CCCCC3)CC2)cc1)C1CCCCC1. The lowest BCUT2D eigenvalue weighted by atomic mass is 9.78. The molecule has 3 fully saturated rings. The fraction of sp³-hybridized carbons (Fsp3) is 0.692. The van der Waals surface area contributed by atoms with Crippen LogP contribution in [0.25, 0.3) is 0 Å². The lowest BCUT2D eigenvalue weighted by Crippen LogP contribution is -2.28. The van der Waals surface area contributed by atoms with Gasteiger partial charge >= 0.3 is 11.9 Å². The second kappa shape index (κ2) is 10.5. The van der Waals surface area contributed by atoms with Gasteiger partial charge in [-0.05, 0) is 87.8 Å². The molecule has 0 atom stereocenters. The molecule has 0 bridgehead atoms. The highest BCUT2D eigenvalue weighted by Crippen LogP contribution is 2.37. The first-order valence-electron chi connectivity index (χ1n) is 12.2. The van der Waals surface area contributed by atoms with E-state index < -0.39 is 0 Å². The summed E-state index contributed by atoms with van der Waals surface area (Å²) in [6.45, 7) is 0. The van der Waals surface area contributed by atoms with Crippen LogP contribution in [-0.2, 0) is 14.3 Å². The number of hydrogen-bond acceptors (Lipinski definition) is 4. The molecule has 0 aromatic heterocycles. The van der Waals surface area contributed by atoms with E-state index in [1.54, 1.807) is 0 Å². The summed E-state index contributed by atoms with van der Waals surface area (Å²) in [4.78, 5) is 24.8. The van der Waals surface area contributed by atoms with Crippen molar-refractivity contribution < 1.29 is 19.1 Å². The van der Waals surface area contributed by atoms with Crippen LogP contribution in [0.15, 0.2) is 24.3 Å². The van der Waals surface area contributed by atoms with Gasteiger partial charge in [-0.25, -0.2) is 0 Å². The molecular formula is C26H36O4. The van der Waals surface area contributed by atoms with E-state index in [1.165, 1.54) is 31.2 Å². The summed E-state index contributed by atoms with van der Waals surface area (Å²) in [5, 5.41) is 0. The Morgan fingerprint density at radius 3 is 1.83 bits per heavy atom. The molecule has 0 N–H and O–H groups in total. The molecule has 1 aromatic carbocycles. The van der Waals surface area contributed by atoms with Gasteiger partial charge in [0.1, 0.15) is 11.9 Å². The Morgan fingerprint density at radius 2 is 1.20 bits per heavy atom. The Hall–Kier alpha value is -1.84. The van der Waals surface area contributed by atoms with Gasteiger partial charge in [-0.15, -0.1) is 0 Å². The van der Waals surface area contributed by atoms with Crippen molar-refractivity contribution >= 4 is 11.9 Å². The van der Waals surface area contributed by atoms with Crippen LogP contribution in [0.4, 0.5) is 0 Å². The Labute approximate surface area is 180 Å². The highest BCUT2D eigenvalue weighted by atomic mass is 16.5. The summed E-state index contributed by atoms with van der Waals surface area (Å²) in [6.07, 6.45) is 15.2. The van der Waals surface area contributed by atoms with Gasteiger partial charge in [-0.2, -0.15) is 0 Å². The molecule has 1 aromatic rings. The number of esters is 2. The summed E-state index contributed by atoms with van der Waals surface area (Å²) in [5.41, 5.74) is 1.28. The summed E-state index contributed by atoms with van der Waals surface area (Å²) >= 11 is 0.